The maximum absolute atomic E-state index is 11.5. The third kappa shape index (κ3) is 8.67. The smallest absolute Gasteiger partial charge is 0.179 e. The Morgan fingerprint density at radius 3 is 1.32 bits per heavy atom. The number of ether oxygens (including phenoxy) is 2. The zero-order chi connectivity index (χ0) is 26.9. The lowest BCUT2D eigenvalue weighted by Gasteiger charge is -2.08. The van der Waals surface area contributed by atoms with Crippen LogP contribution >= 0.6 is 58.0 Å². The van der Waals surface area contributed by atoms with Crippen LogP contribution in [0.2, 0.25) is 20.1 Å². The first-order valence-corrected chi connectivity index (χ1v) is 12.8. The zero-order valence-corrected chi connectivity index (χ0v) is 23.1. The second-order valence-corrected chi connectivity index (χ2v) is 9.46. The van der Waals surface area contributed by atoms with Gasteiger partial charge in [0, 0.05) is 33.3 Å². The van der Waals surface area contributed by atoms with Gasteiger partial charge in [-0.3, -0.25) is 9.59 Å². The molecule has 0 heterocycles. The van der Waals surface area contributed by atoms with E-state index in [0.29, 0.717) is 54.2 Å². The molecule has 0 N–H and O–H groups in total. The maximum atomic E-state index is 11.5. The van der Waals surface area contributed by atoms with Gasteiger partial charge in [0.15, 0.2) is 11.6 Å². The monoisotopic (exact) mass is 594 g/mol. The van der Waals surface area contributed by atoms with Gasteiger partial charge in [-0.05, 0) is 79.7 Å². The van der Waals surface area contributed by atoms with Crippen molar-refractivity contribution in [2.24, 2.45) is 0 Å². The summed E-state index contributed by atoms with van der Waals surface area (Å²) in [4.78, 5) is 22.7. The van der Waals surface area contributed by atoms with Gasteiger partial charge in [-0.25, -0.2) is 0 Å². The van der Waals surface area contributed by atoms with Gasteiger partial charge < -0.3 is 9.47 Å². The van der Waals surface area contributed by atoms with Crippen LogP contribution in [-0.4, -0.2) is 17.4 Å². The van der Waals surface area contributed by atoms with Crippen LogP contribution in [0.25, 0.3) is 0 Å². The summed E-state index contributed by atoms with van der Waals surface area (Å²) in [6.45, 7) is 1.47. The Balaban J connectivity index is 0.000000206. The number of halogens is 5. The van der Waals surface area contributed by atoms with Crippen molar-refractivity contribution < 1.29 is 19.1 Å². The Labute approximate surface area is 239 Å². The van der Waals surface area contributed by atoms with Crippen LogP contribution in [0, 0.1) is 0 Å². The molecule has 190 valence electrons. The minimum absolute atomic E-state index is 0.0713. The summed E-state index contributed by atoms with van der Waals surface area (Å²) in [6.07, 6.45) is 0. The highest BCUT2D eigenvalue weighted by atomic mass is 35.5. The molecule has 0 aliphatic carbocycles. The van der Waals surface area contributed by atoms with Crippen molar-refractivity contribution in [3.05, 3.63) is 116 Å². The van der Waals surface area contributed by atoms with Crippen LogP contribution in [-0.2, 0) is 0 Å². The molecule has 4 nitrogen and oxygen atoms in total. The standard InChI is InChI=1S/C14H9Cl3O2.C14H10Cl2O2/c15-8-14(18)12-6-5-11(7-13(12)17)19-10-3-1-9(16)2-4-10;1-9(17)13-7-6-12(8-14(13)16)18-11-4-2-10(15)3-5-11/h1-7H,8H2;2-8H,1H3. The van der Waals surface area contributed by atoms with E-state index in [4.69, 9.17) is 67.5 Å². The van der Waals surface area contributed by atoms with Crippen LogP contribution < -0.4 is 9.47 Å². The largest absolute Gasteiger partial charge is 0.457 e. The van der Waals surface area contributed by atoms with E-state index in [1.165, 1.54) is 6.92 Å². The summed E-state index contributed by atoms with van der Waals surface area (Å²) in [5.74, 6) is 2.02. The third-order valence-corrected chi connectivity index (χ3v) is 6.15. The van der Waals surface area contributed by atoms with E-state index >= 15 is 0 Å². The molecule has 4 rings (SSSR count). The number of hydrogen-bond donors (Lipinski definition) is 0. The van der Waals surface area contributed by atoms with E-state index in [0.717, 1.165) is 0 Å². The second-order valence-electron chi connectivity index (χ2n) is 7.51. The van der Waals surface area contributed by atoms with Crippen LogP contribution in [0.15, 0.2) is 84.9 Å². The first-order valence-electron chi connectivity index (χ1n) is 10.7. The van der Waals surface area contributed by atoms with Gasteiger partial charge in [0.25, 0.3) is 0 Å². The molecule has 0 saturated heterocycles. The highest BCUT2D eigenvalue weighted by molar-refractivity contribution is 6.37. The number of alkyl halides is 1. The Kier molecular flexibility index (Phi) is 10.7. The number of carbonyl (C=O) groups is 2. The number of benzene rings is 4. The molecule has 0 unspecified atom stereocenters. The average Bonchev–Trinajstić information content (AvgIpc) is 2.87. The fourth-order valence-corrected chi connectivity index (χ4v) is 3.96. The topological polar surface area (TPSA) is 52.6 Å². The quantitative estimate of drug-likeness (QED) is 0.157. The van der Waals surface area contributed by atoms with Crippen molar-refractivity contribution in [3.8, 4) is 23.0 Å². The summed E-state index contributed by atoms with van der Waals surface area (Å²) in [5, 5.41) is 1.98. The maximum Gasteiger partial charge on any atom is 0.179 e. The number of ketones is 2. The first kappa shape index (κ1) is 28.8. The molecule has 0 amide bonds. The molecule has 0 aromatic heterocycles. The van der Waals surface area contributed by atoms with E-state index < -0.39 is 0 Å². The van der Waals surface area contributed by atoms with Crippen LogP contribution in [0.3, 0.4) is 0 Å². The van der Waals surface area contributed by atoms with Gasteiger partial charge >= 0.3 is 0 Å². The molecule has 0 bridgehead atoms. The van der Waals surface area contributed by atoms with Crippen molar-refractivity contribution in [2.75, 3.05) is 5.88 Å². The summed E-state index contributed by atoms with van der Waals surface area (Å²) in [7, 11) is 0. The van der Waals surface area contributed by atoms with Gasteiger partial charge in [0.2, 0.25) is 0 Å². The molecule has 0 fully saturated rings. The molecule has 9 heteroatoms. The first-order chi connectivity index (χ1) is 17.7. The van der Waals surface area contributed by atoms with E-state index in [-0.39, 0.29) is 17.4 Å². The fourth-order valence-electron chi connectivity index (χ4n) is 2.98. The van der Waals surface area contributed by atoms with E-state index in [2.05, 4.69) is 0 Å². The lowest BCUT2D eigenvalue weighted by atomic mass is 10.1. The zero-order valence-electron chi connectivity index (χ0n) is 19.3. The number of Topliss-reactive ketones (excluding diaryl/α,β-unsaturated/α-hetero) is 2. The molecule has 4 aromatic rings. The molecule has 4 aromatic carbocycles. The lowest BCUT2D eigenvalue weighted by Crippen LogP contribution is -2.01. The minimum atomic E-state index is -0.218. The van der Waals surface area contributed by atoms with Gasteiger partial charge in [-0.1, -0.05) is 46.4 Å². The molecule has 0 spiro atoms. The molecule has 0 aliphatic heterocycles. The summed E-state index contributed by atoms with van der Waals surface area (Å²) in [5.41, 5.74) is 0.875. The molecule has 0 atom stereocenters. The number of hydrogen-bond acceptors (Lipinski definition) is 4. The van der Waals surface area contributed by atoms with Gasteiger partial charge in [-0.2, -0.15) is 0 Å². The predicted molar refractivity (Wildman–Crippen MR) is 151 cm³/mol. The molecule has 37 heavy (non-hydrogen) atoms. The van der Waals surface area contributed by atoms with Crippen molar-refractivity contribution >= 4 is 69.6 Å². The molecular weight excluding hydrogens is 578 g/mol. The average molecular weight is 597 g/mol. The highest BCUT2D eigenvalue weighted by Gasteiger charge is 2.10. The van der Waals surface area contributed by atoms with Gasteiger partial charge in [0.1, 0.15) is 23.0 Å². The SMILES string of the molecule is CC(=O)c1ccc(Oc2ccc(Cl)cc2)cc1Cl.O=C(CCl)c1ccc(Oc2ccc(Cl)cc2)cc1Cl. The van der Waals surface area contributed by atoms with Crippen molar-refractivity contribution in [2.45, 2.75) is 6.92 Å². The van der Waals surface area contributed by atoms with Crippen LogP contribution in [0.4, 0.5) is 0 Å². The third-order valence-electron chi connectivity index (χ3n) is 4.78. The van der Waals surface area contributed by atoms with Crippen LogP contribution in [0.1, 0.15) is 27.6 Å². The van der Waals surface area contributed by atoms with Crippen molar-refractivity contribution in [1.82, 2.24) is 0 Å². The predicted octanol–water partition coefficient (Wildman–Crippen LogP) is 10.2. The van der Waals surface area contributed by atoms with Crippen molar-refractivity contribution in [1.29, 1.82) is 0 Å². The van der Waals surface area contributed by atoms with E-state index in [1.54, 1.807) is 84.9 Å². The molecule has 0 aliphatic rings. The Morgan fingerprint density at radius 2 is 0.973 bits per heavy atom. The summed E-state index contributed by atoms with van der Waals surface area (Å²) in [6, 6.07) is 23.7. The van der Waals surface area contributed by atoms with E-state index in [1.807, 2.05) is 0 Å². The fraction of sp³-hybridized carbons (Fsp3) is 0.0714. The lowest BCUT2D eigenvalue weighted by molar-refractivity contribution is 0.101. The number of carbonyl (C=O) groups excluding carboxylic acids is 2. The van der Waals surface area contributed by atoms with Crippen LogP contribution in [0.5, 0.6) is 23.0 Å². The molecular formula is C28H19Cl5O4. The van der Waals surface area contributed by atoms with Crippen molar-refractivity contribution in [3.63, 3.8) is 0 Å². The molecule has 0 radical (unpaired) electrons. The Hall–Kier alpha value is -2.73. The second kappa shape index (κ2) is 13.7. The Morgan fingerprint density at radius 1 is 0.595 bits per heavy atom. The van der Waals surface area contributed by atoms with Gasteiger partial charge in [0.05, 0.1) is 15.9 Å². The number of rotatable bonds is 7. The summed E-state index contributed by atoms with van der Waals surface area (Å²) < 4.78 is 11.2. The molecule has 0 saturated carbocycles. The minimum Gasteiger partial charge on any atom is -0.457 e. The van der Waals surface area contributed by atoms with E-state index in [9.17, 15) is 9.59 Å². The highest BCUT2D eigenvalue weighted by Crippen LogP contribution is 2.29. The summed E-state index contributed by atoms with van der Waals surface area (Å²) >= 11 is 29.1. The Bertz CT molecular complexity index is 1390. The normalized spacial score (nSPS) is 10.2. The van der Waals surface area contributed by atoms with Gasteiger partial charge in [-0.15, -0.1) is 11.6 Å².